The molecule has 2 unspecified atom stereocenters. The zero-order valence-corrected chi connectivity index (χ0v) is 11.5. The Balaban J connectivity index is 1.83. The Morgan fingerprint density at radius 1 is 1.25 bits per heavy atom. The number of nitrogens with one attached hydrogen (secondary N) is 1. The van der Waals surface area contributed by atoms with Crippen LogP contribution in [0.5, 0.6) is 5.75 Å². The van der Waals surface area contributed by atoms with Gasteiger partial charge in [0.05, 0.1) is 13.0 Å². The molecule has 1 aliphatic rings. The number of halogens is 3. The molecule has 2 rings (SSSR count). The zero-order chi connectivity index (χ0) is 14.6. The lowest BCUT2D eigenvalue weighted by atomic mass is 9.89. The summed E-state index contributed by atoms with van der Waals surface area (Å²) in [6.45, 7) is 0.456. The van der Waals surface area contributed by atoms with Crippen LogP contribution < -0.4 is 10.1 Å². The van der Waals surface area contributed by atoms with Gasteiger partial charge in [0.1, 0.15) is 5.75 Å². The normalized spacial score (nSPS) is 23.6. The van der Waals surface area contributed by atoms with Crippen molar-refractivity contribution in [1.82, 2.24) is 5.32 Å². The van der Waals surface area contributed by atoms with Gasteiger partial charge in [-0.15, -0.1) is 0 Å². The first kappa shape index (κ1) is 15.2. The molecule has 5 heteroatoms. The first-order chi connectivity index (χ1) is 9.49. The summed E-state index contributed by atoms with van der Waals surface area (Å²) in [6.07, 6.45) is -2.15. The summed E-state index contributed by atoms with van der Waals surface area (Å²) in [6, 6.07) is 7.63. The van der Waals surface area contributed by atoms with E-state index in [-0.39, 0.29) is 18.9 Å². The summed E-state index contributed by atoms with van der Waals surface area (Å²) in [7, 11) is 1.61. The van der Waals surface area contributed by atoms with Crippen LogP contribution in [0.3, 0.4) is 0 Å². The summed E-state index contributed by atoms with van der Waals surface area (Å²) in [5, 5.41) is 3.19. The van der Waals surface area contributed by atoms with Gasteiger partial charge in [0.15, 0.2) is 0 Å². The molecule has 1 aromatic carbocycles. The number of methoxy groups -OCH3 is 1. The molecule has 1 N–H and O–H groups in total. The van der Waals surface area contributed by atoms with E-state index in [2.05, 4.69) is 5.32 Å². The van der Waals surface area contributed by atoms with Crippen LogP contribution in [0, 0.1) is 5.92 Å². The van der Waals surface area contributed by atoms with Gasteiger partial charge in [-0.1, -0.05) is 12.1 Å². The molecule has 1 fully saturated rings. The number of rotatable bonds is 4. The van der Waals surface area contributed by atoms with E-state index in [1.807, 2.05) is 24.3 Å². The maximum atomic E-state index is 12.7. The number of hydrogen-bond donors (Lipinski definition) is 1. The fraction of sp³-hybridized carbons (Fsp3) is 0.600. The quantitative estimate of drug-likeness (QED) is 0.914. The molecule has 112 valence electrons. The van der Waals surface area contributed by atoms with Crippen molar-refractivity contribution in [2.45, 2.75) is 37.9 Å². The van der Waals surface area contributed by atoms with Crippen molar-refractivity contribution in [1.29, 1.82) is 0 Å². The molecule has 0 aromatic heterocycles. The highest BCUT2D eigenvalue weighted by Gasteiger charge is 2.41. The summed E-state index contributed by atoms with van der Waals surface area (Å²) >= 11 is 0. The summed E-state index contributed by atoms with van der Waals surface area (Å²) < 4.78 is 43.2. The van der Waals surface area contributed by atoms with Gasteiger partial charge in [0.25, 0.3) is 0 Å². The Morgan fingerprint density at radius 3 is 2.55 bits per heavy atom. The van der Waals surface area contributed by atoms with Crippen LogP contribution in [-0.4, -0.2) is 25.9 Å². The lowest BCUT2D eigenvalue weighted by Gasteiger charge is -2.31. The van der Waals surface area contributed by atoms with Crippen molar-refractivity contribution in [3.05, 3.63) is 29.8 Å². The van der Waals surface area contributed by atoms with Gasteiger partial charge < -0.3 is 10.1 Å². The Morgan fingerprint density at radius 2 is 1.95 bits per heavy atom. The third-order valence-electron chi connectivity index (χ3n) is 3.90. The zero-order valence-electron chi connectivity index (χ0n) is 11.5. The lowest BCUT2D eigenvalue weighted by molar-refractivity contribution is -0.183. The maximum absolute atomic E-state index is 12.7. The van der Waals surface area contributed by atoms with E-state index in [9.17, 15) is 13.2 Å². The van der Waals surface area contributed by atoms with E-state index in [1.54, 1.807) is 7.11 Å². The number of aryl methyl sites for hydroxylation is 1. The summed E-state index contributed by atoms with van der Waals surface area (Å²) in [5.74, 6) is -0.355. The molecule has 1 aromatic rings. The topological polar surface area (TPSA) is 21.3 Å². The average molecular weight is 287 g/mol. The van der Waals surface area contributed by atoms with E-state index in [0.29, 0.717) is 6.54 Å². The Hall–Kier alpha value is -1.23. The molecule has 0 radical (unpaired) electrons. The summed E-state index contributed by atoms with van der Waals surface area (Å²) in [5.41, 5.74) is 1.13. The smallest absolute Gasteiger partial charge is 0.391 e. The third-order valence-corrected chi connectivity index (χ3v) is 3.90. The predicted molar refractivity (Wildman–Crippen MR) is 71.9 cm³/mol. The van der Waals surface area contributed by atoms with Crippen LogP contribution in [0.25, 0.3) is 0 Å². The van der Waals surface area contributed by atoms with E-state index >= 15 is 0 Å². The van der Waals surface area contributed by atoms with Crippen LogP contribution in [0.15, 0.2) is 24.3 Å². The summed E-state index contributed by atoms with van der Waals surface area (Å²) in [4.78, 5) is 0. The van der Waals surface area contributed by atoms with E-state index < -0.39 is 12.1 Å². The second-order valence-corrected chi connectivity index (χ2v) is 5.30. The first-order valence-corrected chi connectivity index (χ1v) is 6.92. The Kier molecular flexibility index (Phi) is 4.91. The van der Waals surface area contributed by atoms with Crippen LogP contribution >= 0.6 is 0 Å². The molecule has 0 spiro atoms. The van der Waals surface area contributed by atoms with Crippen LogP contribution in [0.2, 0.25) is 0 Å². The number of ether oxygens (including phenoxy) is 1. The van der Waals surface area contributed by atoms with Crippen LogP contribution in [0.4, 0.5) is 13.2 Å². The second kappa shape index (κ2) is 6.48. The van der Waals surface area contributed by atoms with Gasteiger partial charge in [-0.2, -0.15) is 13.2 Å². The molecule has 2 nitrogen and oxygen atoms in total. The standard InChI is InChI=1S/C15H20F3NO/c1-20-14-6-3-11(4-7-14)2-5-13-10-12(8-9-19-13)15(16,17)18/h3-4,6-7,12-13,19H,2,5,8-10H2,1H3. The highest BCUT2D eigenvalue weighted by molar-refractivity contribution is 5.27. The third kappa shape index (κ3) is 4.13. The molecular weight excluding hydrogens is 267 g/mol. The highest BCUT2D eigenvalue weighted by Crippen LogP contribution is 2.34. The van der Waals surface area contributed by atoms with E-state index in [4.69, 9.17) is 4.74 Å². The number of hydrogen-bond acceptors (Lipinski definition) is 2. The molecule has 1 aliphatic heterocycles. The van der Waals surface area contributed by atoms with Gasteiger partial charge >= 0.3 is 6.18 Å². The molecule has 0 aliphatic carbocycles. The minimum Gasteiger partial charge on any atom is -0.497 e. The lowest BCUT2D eigenvalue weighted by Crippen LogP contribution is -2.42. The van der Waals surface area contributed by atoms with Gasteiger partial charge in [0, 0.05) is 6.04 Å². The van der Waals surface area contributed by atoms with Crippen molar-refractivity contribution in [3.8, 4) is 5.75 Å². The van der Waals surface area contributed by atoms with Crippen molar-refractivity contribution in [3.63, 3.8) is 0 Å². The van der Waals surface area contributed by atoms with Gasteiger partial charge in [-0.05, 0) is 49.9 Å². The van der Waals surface area contributed by atoms with Crippen LogP contribution in [-0.2, 0) is 6.42 Å². The minimum absolute atomic E-state index is 0.0440. The van der Waals surface area contributed by atoms with Crippen molar-refractivity contribution >= 4 is 0 Å². The molecule has 2 atom stereocenters. The van der Waals surface area contributed by atoms with Gasteiger partial charge in [-0.3, -0.25) is 0 Å². The number of piperidine rings is 1. The molecule has 1 heterocycles. The molecular formula is C15H20F3NO. The fourth-order valence-electron chi connectivity index (χ4n) is 2.66. The molecule has 20 heavy (non-hydrogen) atoms. The van der Waals surface area contributed by atoms with E-state index in [1.165, 1.54) is 0 Å². The highest BCUT2D eigenvalue weighted by atomic mass is 19.4. The second-order valence-electron chi connectivity index (χ2n) is 5.30. The fourth-order valence-corrected chi connectivity index (χ4v) is 2.66. The SMILES string of the molecule is COc1ccc(CCC2CC(C(F)(F)F)CCN2)cc1. The van der Waals surface area contributed by atoms with Crippen molar-refractivity contribution < 1.29 is 17.9 Å². The first-order valence-electron chi connectivity index (χ1n) is 6.92. The van der Waals surface area contributed by atoms with Crippen molar-refractivity contribution in [2.75, 3.05) is 13.7 Å². The predicted octanol–water partition coefficient (Wildman–Crippen LogP) is 3.56. The Bertz CT molecular complexity index is 416. The molecule has 0 amide bonds. The average Bonchev–Trinajstić information content (AvgIpc) is 2.45. The molecule has 0 bridgehead atoms. The molecule has 0 saturated carbocycles. The maximum Gasteiger partial charge on any atom is 0.391 e. The number of alkyl halides is 3. The Labute approximate surface area is 117 Å². The molecule has 1 saturated heterocycles. The van der Waals surface area contributed by atoms with E-state index in [0.717, 1.165) is 24.2 Å². The number of benzene rings is 1. The van der Waals surface area contributed by atoms with Gasteiger partial charge in [0.2, 0.25) is 0 Å². The minimum atomic E-state index is -4.06. The monoisotopic (exact) mass is 287 g/mol. The largest absolute Gasteiger partial charge is 0.497 e. The van der Waals surface area contributed by atoms with Crippen LogP contribution in [0.1, 0.15) is 24.8 Å². The van der Waals surface area contributed by atoms with Crippen molar-refractivity contribution in [2.24, 2.45) is 5.92 Å². The van der Waals surface area contributed by atoms with Gasteiger partial charge in [-0.25, -0.2) is 0 Å².